The third-order valence-electron chi connectivity index (χ3n) is 8.70. The van der Waals surface area contributed by atoms with E-state index in [1.54, 1.807) is 6.08 Å². The smallest absolute Gasteiger partial charge is 0.331 e. The summed E-state index contributed by atoms with van der Waals surface area (Å²) >= 11 is 0. The molecule has 6 heteroatoms. The molecular formula is C30H38O6. The molecule has 1 aromatic carbocycles. The normalized spacial score (nSPS) is 31.8. The lowest BCUT2D eigenvalue weighted by Crippen LogP contribution is -2.64. The van der Waals surface area contributed by atoms with E-state index in [-0.39, 0.29) is 36.0 Å². The van der Waals surface area contributed by atoms with Crippen LogP contribution in [0.5, 0.6) is 0 Å². The minimum atomic E-state index is -0.978. The molecule has 6 atom stereocenters. The van der Waals surface area contributed by atoms with Crippen molar-refractivity contribution in [2.24, 2.45) is 22.7 Å². The van der Waals surface area contributed by atoms with E-state index < -0.39 is 35.0 Å². The first-order chi connectivity index (χ1) is 16.9. The maximum atomic E-state index is 13.2. The summed E-state index contributed by atoms with van der Waals surface area (Å²) in [7, 11) is 1.28. The number of carbonyl (C=O) groups is 3. The van der Waals surface area contributed by atoms with E-state index in [1.807, 2.05) is 58.0 Å². The number of hydrogen-bond donors (Lipinski definition) is 1. The Kier molecular flexibility index (Phi) is 8.40. The molecule has 1 N–H and O–H groups in total. The first kappa shape index (κ1) is 27.6. The predicted octanol–water partition coefficient (Wildman–Crippen LogP) is 5.07. The lowest BCUT2D eigenvalue weighted by molar-refractivity contribution is -0.209. The summed E-state index contributed by atoms with van der Waals surface area (Å²) in [6.07, 6.45) is 5.11. The van der Waals surface area contributed by atoms with Crippen LogP contribution in [0.25, 0.3) is 6.08 Å². The van der Waals surface area contributed by atoms with Gasteiger partial charge in [-0.25, -0.2) is 4.79 Å². The second-order valence-corrected chi connectivity index (χ2v) is 10.6. The van der Waals surface area contributed by atoms with Gasteiger partial charge in [0.2, 0.25) is 0 Å². The van der Waals surface area contributed by atoms with E-state index in [0.29, 0.717) is 0 Å². The van der Waals surface area contributed by atoms with Crippen LogP contribution in [-0.2, 0) is 23.9 Å². The van der Waals surface area contributed by atoms with Gasteiger partial charge in [0.25, 0.3) is 0 Å². The Morgan fingerprint density at radius 1 is 1.19 bits per heavy atom. The van der Waals surface area contributed by atoms with Crippen molar-refractivity contribution >= 4 is 23.8 Å². The Bertz CT molecular complexity index is 1070. The third-order valence-corrected chi connectivity index (χ3v) is 8.70. The summed E-state index contributed by atoms with van der Waals surface area (Å²) in [6.45, 7) is 11.8. The first-order valence-corrected chi connectivity index (χ1v) is 12.5. The van der Waals surface area contributed by atoms with Gasteiger partial charge >= 0.3 is 11.9 Å². The van der Waals surface area contributed by atoms with E-state index in [9.17, 15) is 19.5 Å². The molecule has 194 valence electrons. The molecule has 0 saturated heterocycles. The van der Waals surface area contributed by atoms with Crippen molar-refractivity contribution in [2.45, 2.75) is 65.6 Å². The molecule has 0 unspecified atom stereocenters. The van der Waals surface area contributed by atoms with E-state index in [4.69, 9.17) is 4.74 Å². The van der Waals surface area contributed by atoms with Gasteiger partial charge < -0.3 is 14.6 Å². The highest BCUT2D eigenvalue weighted by Gasteiger charge is 2.63. The molecule has 0 bridgehead atoms. The summed E-state index contributed by atoms with van der Waals surface area (Å²) in [6, 6.07) is 9.47. The van der Waals surface area contributed by atoms with E-state index in [0.717, 1.165) is 24.0 Å². The number of ketones is 1. The van der Waals surface area contributed by atoms with Crippen molar-refractivity contribution in [1.29, 1.82) is 0 Å². The number of carbonyl (C=O) groups excluding carboxylic acids is 3. The van der Waals surface area contributed by atoms with Crippen LogP contribution in [0.2, 0.25) is 0 Å². The highest BCUT2D eigenvalue weighted by Crippen LogP contribution is 2.62. The first-order valence-electron chi connectivity index (χ1n) is 12.5. The number of benzene rings is 1. The number of hydrogen-bond acceptors (Lipinski definition) is 6. The SMILES string of the molecule is C=C(CC(=O)OC)C(=O)C[C@]1(C)[C@@H](C)[C@@H](O)[C@H](OC(=O)/C=C/c2ccccc2)[C@]2(C)C(C)=CCC[C@@H]12. The molecule has 0 spiro atoms. The van der Waals surface area contributed by atoms with Gasteiger partial charge in [-0.05, 0) is 54.2 Å². The maximum Gasteiger partial charge on any atom is 0.331 e. The minimum Gasteiger partial charge on any atom is -0.469 e. The molecule has 0 heterocycles. The maximum absolute atomic E-state index is 13.2. The summed E-state index contributed by atoms with van der Waals surface area (Å²) in [5.74, 6) is -1.60. The number of fused-ring (bicyclic) bond motifs is 1. The number of Topliss-reactive ketones (excluding diaryl/α,β-unsaturated/α-hetero) is 1. The summed E-state index contributed by atoms with van der Waals surface area (Å²) in [4.78, 5) is 37.7. The molecule has 0 amide bonds. The molecule has 1 fully saturated rings. The molecule has 6 nitrogen and oxygen atoms in total. The number of esters is 2. The van der Waals surface area contributed by atoms with Gasteiger partial charge in [-0.2, -0.15) is 0 Å². The summed E-state index contributed by atoms with van der Waals surface area (Å²) < 4.78 is 10.7. The lowest BCUT2D eigenvalue weighted by Gasteiger charge is -2.61. The monoisotopic (exact) mass is 494 g/mol. The quantitative estimate of drug-likeness (QED) is 0.308. The number of ether oxygens (including phenoxy) is 2. The fraction of sp³-hybridized carbons (Fsp3) is 0.500. The van der Waals surface area contributed by atoms with Crippen LogP contribution >= 0.6 is 0 Å². The number of allylic oxidation sites excluding steroid dienone is 1. The average Bonchev–Trinajstić information content (AvgIpc) is 2.86. The van der Waals surface area contributed by atoms with Crippen LogP contribution in [0.15, 0.2) is 60.2 Å². The molecule has 0 radical (unpaired) electrons. The van der Waals surface area contributed by atoms with Crippen LogP contribution in [0.3, 0.4) is 0 Å². The Labute approximate surface area is 214 Å². The molecule has 3 rings (SSSR count). The fourth-order valence-electron chi connectivity index (χ4n) is 6.21. The largest absolute Gasteiger partial charge is 0.469 e. The van der Waals surface area contributed by atoms with Crippen molar-refractivity contribution in [1.82, 2.24) is 0 Å². The van der Waals surface area contributed by atoms with E-state index in [1.165, 1.54) is 13.2 Å². The van der Waals surface area contributed by atoms with Gasteiger partial charge in [-0.3, -0.25) is 9.59 Å². The van der Waals surface area contributed by atoms with Gasteiger partial charge in [0.15, 0.2) is 5.78 Å². The Balaban J connectivity index is 1.89. The standard InChI is InChI=1S/C30H38O6/c1-19(17-26(33)35-6)23(31)18-29(4)21(3)27(34)28(30(5)20(2)11-10-14-24(29)30)36-25(32)16-15-22-12-8-7-9-13-22/h7-9,11-13,15-16,21,24,27-28,34H,1,10,14,17-18H2,2-6H3/b16-15+/t21-,24-,27+,28-,29+,30+/m0/s1. The van der Waals surface area contributed by atoms with Crippen LogP contribution in [-0.4, -0.2) is 42.1 Å². The Morgan fingerprint density at radius 2 is 1.86 bits per heavy atom. The van der Waals surface area contributed by atoms with Gasteiger partial charge in [0, 0.05) is 17.9 Å². The van der Waals surface area contributed by atoms with Crippen molar-refractivity contribution in [2.75, 3.05) is 7.11 Å². The Hall–Kier alpha value is -2.99. The van der Waals surface area contributed by atoms with Crippen LogP contribution in [0.4, 0.5) is 0 Å². The van der Waals surface area contributed by atoms with E-state index in [2.05, 4.69) is 17.4 Å². The molecule has 1 saturated carbocycles. The van der Waals surface area contributed by atoms with Crippen LogP contribution < -0.4 is 0 Å². The van der Waals surface area contributed by atoms with Crippen molar-refractivity contribution in [3.05, 3.63) is 65.8 Å². The molecule has 36 heavy (non-hydrogen) atoms. The van der Waals surface area contributed by atoms with Crippen molar-refractivity contribution < 1.29 is 29.0 Å². The van der Waals surface area contributed by atoms with Gasteiger partial charge in [0.1, 0.15) is 6.10 Å². The van der Waals surface area contributed by atoms with Crippen LogP contribution in [0.1, 0.15) is 58.9 Å². The van der Waals surface area contributed by atoms with Crippen LogP contribution in [0, 0.1) is 22.7 Å². The summed E-state index contributed by atoms with van der Waals surface area (Å²) in [5, 5.41) is 11.5. The van der Waals surface area contributed by atoms with Gasteiger partial charge in [-0.15, -0.1) is 0 Å². The zero-order valence-corrected chi connectivity index (χ0v) is 22.0. The molecular weight excluding hydrogens is 456 g/mol. The third kappa shape index (κ3) is 5.24. The molecule has 2 aliphatic rings. The lowest BCUT2D eigenvalue weighted by atomic mass is 9.45. The van der Waals surface area contributed by atoms with Crippen molar-refractivity contribution in [3.8, 4) is 0 Å². The van der Waals surface area contributed by atoms with E-state index >= 15 is 0 Å². The fourth-order valence-corrected chi connectivity index (χ4v) is 6.21. The predicted molar refractivity (Wildman–Crippen MR) is 139 cm³/mol. The second-order valence-electron chi connectivity index (χ2n) is 10.6. The molecule has 0 aromatic heterocycles. The van der Waals surface area contributed by atoms with Gasteiger partial charge in [-0.1, -0.05) is 69.3 Å². The zero-order valence-electron chi connectivity index (χ0n) is 22.0. The van der Waals surface area contributed by atoms with Gasteiger partial charge in [0.05, 0.1) is 19.6 Å². The minimum absolute atomic E-state index is 0.0285. The molecule has 2 aliphatic carbocycles. The number of aliphatic hydroxyl groups excluding tert-OH is 1. The highest BCUT2D eigenvalue weighted by molar-refractivity contribution is 5.99. The molecule has 1 aromatic rings. The Morgan fingerprint density at radius 3 is 2.50 bits per heavy atom. The topological polar surface area (TPSA) is 89.9 Å². The second kappa shape index (κ2) is 11.0. The highest BCUT2D eigenvalue weighted by atomic mass is 16.6. The number of rotatable bonds is 8. The average molecular weight is 495 g/mol. The van der Waals surface area contributed by atoms with Crippen molar-refractivity contribution in [3.63, 3.8) is 0 Å². The summed E-state index contributed by atoms with van der Waals surface area (Å²) in [5.41, 5.74) is 0.876. The zero-order chi connectivity index (χ0) is 26.7. The molecule has 0 aliphatic heterocycles. The number of methoxy groups -OCH3 is 1. The number of aliphatic hydroxyl groups is 1.